The second kappa shape index (κ2) is 4.80. The molecule has 4 rings (SSSR count). The summed E-state index contributed by atoms with van der Waals surface area (Å²) in [4.78, 5) is 30.9. The quantitative estimate of drug-likeness (QED) is 0.859. The minimum absolute atomic E-state index is 0.0516. The van der Waals surface area contributed by atoms with E-state index in [-0.39, 0.29) is 18.5 Å². The van der Waals surface area contributed by atoms with Crippen LogP contribution in [-0.2, 0) is 24.3 Å². The van der Waals surface area contributed by atoms with Crippen molar-refractivity contribution in [2.75, 3.05) is 4.90 Å². The monoisotopic (exact) mass is 313 g/mol. The van der Waals surface area contributed by atoms with Gasteiger partial charge in [-0.25, -0.2) is 4.79 Å². The summed E-state index contributed by atoms with van der Waals surface area (Å²) in [6.07, 6.45) is 4.31. The summed E-state index contributed by atoms with van der Waals surface area (Å²) in [5, 5.41) is 13.7. The molecular formula is C15H15N5O3. The van der Waals surface area contributed by atoms with Crippen molar-refractivity contribution in [3.8, 4) is 0 Å². The van der Waals surface area contributed by atoms with E-state index in [0.29, 0.717) is 18.7 Å². The van der Waals surface area contributed by atoms with E-state index in [0.717, 1.165) is 16.9 Å². The lowest BCUT2D eigenvalue weighted by atomic mass is 10.2. The molecule has 2 amide bonds. The Morgan fingerprint density at radius 3 is 2.96 bits per heavy atom. The van der Waals surface area contributed by atoms with Crippen molar-refractivity contribution in [3.63, 3.8) is 0 Å². The van der Waals surface area contributed by atoms with Crippen molar-refractivity contribution >= 4 is 23.4 Å². The molecule has 0 radical (unpaired) electrons. The van der Waals surface area contributed by atoms with Gasteiger partial charge in [0.2, 0.25) is 5.91 Å². The third-order valence-electron chi connectivity index (χ3n) is 4.41. The number of anilines is 2. The average Bonchev–Trinajstić information content (AvgIpc) is 3.05. The van der Waals surface area contributed by atoms with Crippen LogP contribution >= 0.6 is 0 Å². The standard InChI is InChI=1S/C15H15N5O3/c1-9-7-19-13(8-18(9)15(22)23)12(6-17-19)20-11-2-3-16-5-10(11)4-14(20)21/h2-3,5-6,9H,4,7-8H2,1H3,(H,22,23)/t9-/m0/s1. The predicted octanol–water partition coefficient (Wildman–Crippen LogP) is 1.38. The Kier molecular flexibility index (Phi) is 2.87. The molecule has 2 aromatic rings. The average molecular weight is 313 g/mol. The van der Waals surface area contributed by atoms with Gasteiger partial charge in [-0.3, -0.25) is 24.3 Å². The topological polar surface area (TPSA) is 91.6 Å². The molecule has 0 fully saturated rings. The van der Waals surface area contributed by atoms with Crippen molar-refractivity contribution in [2.45, 2.75) is 32.5 Å². The van der Waals surface area contributed by atoms with Gasteiger partial charge in [-0.05, 0) is 13.0 Å². The highest BCUT2D eigenvalue weighted by Gasteiger charge is 2.35. The van der Waals surface area contributed by atoms with Crippen LogP contribution in [0.2, 0.25) is 0 Å². The second-order valence-corrected chi connectivity index (χ2v) is 5.83. The van der Waals surface area contributed by atoms with Crippen LogP contribution in [0.5, 0.6) is 0 Å². The normalized spacial score (nSPS) is 19.7. The summed E-state index contributed by atoms with van der Waals surface area (Å²) in [5.74, 6) is -0.0516. The number of carbonyl (C=O) groups excluding carboxylic acids is 1. The highest BCUT2D eigenvalue weighted by Crippen LogP contribution is 2.37. The smallest absolute Gasteiger partial charge is 0.407 e. The maximum absolute atomic E-state index is 12.4. The molecule has 8 nitrogen and oxygen atoms in total. The Morgan fingerprint density at radius 2 is 2.17 bits per heavy atom. The Hall–Kier alpha value is -2.90. The van der Waals surface area contributed by atoms with E-state index in [1.165, 1.54) is 4.90 Å². The number of fused-ring (bicyclic) bond motifs is 2. The van der Waals surface area contributed by atoms with Crippen LogP contribution in [0.4, 0.5) is 16.2 Å². The van der Waals surface area contributed by atoms with Crippen LogP contribution < -0.4 is 4.90 Å². The zero-order valence-electron chi connectivity index (χ0n) is 12.5. The summed E-state index contributed by atoms with van der Waals surface area (Å²) in [5.41, 5.74) is 3.06. The molecule has 0 spiro atoms. The van der Waals surface area contributed by atoms with E-state index in [2.05, 4.69) is 10.1 Å². The van der Waals surface area contributed by atoms with Gasteiger partial charge in [-0.1, -0.05) is 0 Å². The van der Waals surface area contributed by atoms with Crippen molar-refractivity contribution in [2.24, 2.45) is 0 Å². The van der Waals surface area contributed by atoms with Gasteiger partial charge in [0.15, 0.2) is 0 Å². The Labute approximate surface area is 131 Å². The van der Waals surface area contributed by atoms with Gasteiger partial charge >= 0.3 is 6.09 Å². The number of aromatic nitrogens is 3. The molecule has 2 aromatic heterocycles. The number of carboxylic acid groups (broad SMARTS) is 1. The number of carbonyl (C=O) groups is 2. The number of pyridine rings is 1. The van der Waals surface area contributed by atoms with Gasteiger partial charge in [0.25, 0.3) is 0 Å². The van der Waals surface area contributed by atoms with Crippen LogP contribution in [-0.4, -0.2) is 42.8 Å². The minimum atomic E-state index is -0.965. The van der Waals surface area contributed by atoms with E-state index in [4.69, 9.17) is 0 Å². The third-order valence-corrected chi connectivity index (χ3v) is 4.41. The molecule has 8 heteroatoms. The van der Waals surface area contributed by atoms with Crippen molar-refractivity contribution < 1.29 is 14.7 Å². The SMILES string of the molecule is C[C@H]1Cn2ncc(N3C(=O)Cc4cnccc43)c2CN1C(=O)O. The van der Waals surface area contributed by atoms with Crippen molar-refractivity contribution in [1.82, 2.24) is 19.7 Å². The van der Waals surface area contributed by atoms with E-state index in [1.807, 2.05) is 6.92 Å². The largest absolute Gasteiger partial charge is 0.465 e. The van der Waals surface area contributed by atoms with E-state index >= 15 is 0 Å². The predicted molar refractivity (Wildman–Crippen MR) is 80.3 cm³/mol. The number of nitrogens with zero attached hydrogens (tertiary/aromatic N) is 5. The fraction of sp³-hybridized carbons (Fsp3) is 0.333. The van der Waals surface area contributed by atoms with Crippen LogP contribution in [0.1, 0.15) is 18.2 Å². The highest BCUT2D eigenvalue weighted by atomic mass is 16.4. The molecule has 0 aromatic carbocycles. The lowest BCUT2D eigenvalue weighted by Gasteiger charge is -2.32. The molecule has 1 N–H and O–H groups in total. The first-order chi connectivity index (χ1) is 11.1. The molecule has 0 saturated heterocycles. The minimum Gasteiger partial charge on any atom is -0.465 e. The first kappa shape index (κ1) is 13.7. The molecule has 23 heavy (non-hydrogen) atoms. The fourth-order valence-corrected chi connectivity index (χ4v) is 3.24. The van der Waals surface area contributed by atoms with Gasteiger partial charge in [-0.15, -0.1) is 0 Å². The van der Waals surface area contributed by atoms with Crippen LogP contribution in [0, 0.1) is 0 Å². The second-order valence-electron chi connectivity index (χ2n) is 5.83. The molecule has 118 valence electrons. The van der Waals surface area contributed by atoms with Gasteiger partial charge in [0.05, 0.1) is 48.8 Å². The third kappa shape index (κ3) is 1.98. The molecule has 1 atom stereocenters. The number of rotatable bonds is 1. The molecule has 2 aliphatic rings. The summed E-state index contributed by atoms with van der Waals surface area (Å²) in [7, 11) is 0. The van der Waals surface area contributed by atoms with Gasteiger partial charge in [0.1, 0.15) is 0 Å². The zero-order valence-corrected chi connectivity index (χ0v) is 12.5. The van der Waals surface area contributed by atoms with E-state index in [1.54, 1.807) is 34.2 Å². The van der Waals surface area contributed by atoms with Crippen LogP contribution in [0.15, 0.2) is 24.7 Å². The Bertz CT molecular complexity index is 815. The molecule has 4 heterocycles. The lowest BCUT2D eigenvalue weighted by molar-refractivity contribution is -0.116. The van der Waals surface area contributed by atoms with E-state index < -0.39 is 6.09 Å². The molecule has 0 saturated carbocycles. The summed E-state index contributed by atoms with van der Waals surface area (Å²) >= 11 is 0. The van der Waals surface area contributed by atoms with Crippen LogP contribution in [0.3, 0.4) is 0 Å². The van der Waals surface area contributed by atoms with Crippen molar-refractivity contribution in [3.05, 3.63) is 35.9 Å². The van der Waals surface area contributed by atoms with Gasteiger partial charge in [0, 0.05) is 18.0 Å². The molecule has 2 aliphatic heterocycles. The van der Waals surface area contributed by atoms with Crippen molar-refractivity contribution in [1.29, 1.82) is 0 Å². The highest BCUT2D eigenvalue weighted by molar-refractivity contribution is 6.07. The maximum Gasteiger partial charge on any atom is 0.407 e. The first-order valence-electron chi connectivity index (χ1n) is 7.36. The van der Waals surface area contributed by atoms with E-state index in [9.17, 15) is 14.7 Å². The Balaban J connectivity index is 1.78. The lowest BCUT2D eigenvalue weighted by Crippen LogP contribution is -2.44. The number of hydrogen-bond acceptors (Lipinski definition) is 4. The zero-order chi connectivity index (χ0) is 16.1. The summed E-state index contributed by atoms with van der Waals surface area (Å²) in [6, 6.07) is 1.64. The number of amides is 2. The summed E-state index contributed by atoms with van der Waals surface area (Å²) < 4.78 is 1.78. The Morgan fingerprint density at radius 1 is 1.35 bits per heavy atom. The molecular weight excluding hydrogens is 298 g/mol. The van der Waals surface area contributed by atoms with Crippen LogP contribution in [0.25, 0.3) is 0 Å². The maximum atomic E-state index is 12.4. The fourth-order valence-electron chi connectivity index (χ4n) is 3.24. The molecule has 0 aliphatic carbocycles. The first-order valence-corrected chi connectivity index (χ1v) is 7.36. The summed E-state index contributed by atoms with van der Waals surface area (Å²) in [6.45, 7) is 2.54. The molecule has 0 bridgehead atoms. The molecule has 0 unspecified atom stereocenters. The number of hydrogen-bond donors (Lipinski definition) is 1. The van der Waals surface area contributed by atoms with Gasteiger partial charge in [-0.2, -0.15) is 5.10 Å². The van der Waals surface area contributed by atoms with Gasteiger partial charge < -0.3 is 5.11 Å².